The lowest BCUT2D eigenvalue weighted by molar-refractivity contribution is -0.115. The van der Waals surface area contributed by atoms with Crippen molar-refractivity contribution in [2.45, 2.75) is 6.42 Å². The van der Waals surface area contributed by atoms with Crippen LogP contribution in [0, 0.1) is 11.6 Å². The Bertz CT molecular complexity index is 1360. The first-order valence-electron chi connectivity index (χ1n) is 11.3. The quantitative estimate of drug-likeness (QED) is 0.448. The minimum atomic E-state index is -0.373. The van der Waals surface area contributed by atoms with Crippen LogP contribution in [0.15, 0.2) is 77.2 Å². The minimum absolute atomic E-state index is 0.0315. The van der Waals surface area contributed by atoms with E-state index in [1.165, 1.54) is 24.3 Å². The van der Waals surface area contributed by atoms with E-state index in [0.717, 1.165) is 5.69 Å². The number of fused-ring (bicyclic) bond motifs is 1. The highest BCUT2D eigenvalue weighted by atomic mass is 19.1. The molecule has 1 aliphatic heterocycles. The summed E-state index contributed by atoms with van der Waals surface area (Å²) in [5.74, 6) is -1.23. The number of hydrogen-bond acceptors (Lipinski definition) is 4. The summed E-state index contributed by atoms with van der Waals surface area (Å²) >= 11 is 0. The zero-order valence-corrected chi connectivity index (χ0v) is 18.8. The highest BCUT2D eigenvalue weighted by Crippen LogP contribution is 2.32. The Balaban J connectivity index is 1.33. The highest BCUT2D eigenvalue weighted by Gasteiger charge is 2.29. The van der Waals surface area contributed by atoms with E-state index in [2.05, 4.69) is 10.2 Å². The lowest BCUT2D eigenvalue weighted by atomic mass is 10.1. The number of furan rings is 1. The number of rotatable bonds is 5. The molecule has 0 saturated carbocycles. The summed E-state index contributed by atoms with van der Waals surface area (Å²) in [5.41, 5.74) is 2.38. The number of nitrogens with one attached hydrogen (secondary N) is 1. The molecule has 3 aromatic carbocycles. The maximum absolute atomic E-state index is 13.4. The topological polar surface area (TPSA) is 65.8 Å². The van der Waals surface area contributed by atoms with Gasteiger partial charge in [0.15, 0.2) is 0 Å². The minimum Gasteiger partial charge on any atom is -0.449 e. The molecule has 1 fully saturated rings. The molecule has 0 atom stereocenters. The van der Waals surface area contributed by atoms with Crippen molar-refractivity contribution in [3.63, 3.8) is 0 Å². The van der Waals surface area contributed by atoms with Crippen LogP contribution in [-0.4, -0.2) is 42.9 Å². The summed E-state index contributed by atoms with van der Waals surface area (Å²) < 4.78 is 32.3. The molecule has 5 rings (SSSR count). The van der Waals surface area contributed by atoms with E-state index < -0.39 is 0 Å². The summed E-state index contributed by atoms with van der Waals surface area (Å²) in [6.45, 7) is 2.08. The molecular weight excluding hydrogens is 452 g/mol. The van der Waals surface area contributed by atoms with E-state index in [1.807, 2.05) is 6.07 Å². The fourth-order valence-electron chi connectivity index (χ4n) is 4.25. The van der Waals surface area contributed by atoms with Gasteiger partial charge in [0.25, 0.3) is 5.91 Å². The van der Waals surface area contributed by atoms with Crippen LogP contribution >= 0.6 is 0 Å². The van der Waals surface area contributed by atoms with Crippen LogP contribution < -0.4 is 10.2 Å². The SMILES string of the molecule is O=C(Cc1ccc(F)cc1)Nc1c(C(=O)N2CCN(c3ccc(F)cc3)CC2)oc2ccccc12. The smallest absolute Gasteiger partial charge is 0.291 e. The third-order valence-corrected chi connectivity index (χ3v) is 6.09. The Labute approximate surface area is 200 Å². The van der Waals surface area contributed by atoms with Gasteiger partial charge in [0.2, 0.25) is 11.7 Å². The molecule has 1 saturated heterocycles. The van der Waals surface area contributed by atoms with Gasteiger partial charge in [0, 0.05) is 37.3 Å². The first-order valence-corrected chi connectivity index (χ1v) is 11.3. The molecule has 2 heterocycles. The van der Waals surface area contributed by atoms with Gasteiger partial charge in [-0.3, -0.25) is 9.59 Å². The number of anilines is 2. The molecule has 4 aromatic rings. The maximum Gasteiger partial charge on any atom is 0.291 e. The molecule has 1 N–H and O–H groups in total. The number of benzene rings is 3. The third-order valence-electron chi connectivity index (χ3n) is 6.09. The Morgan fingerprint density at radius 3 is 2.14 bits per heavy atom. The molecule has 0 spiro atoms. The fourth-order valence-corrected chi connectivity index (χ4v) is 4.25. The Hall–Kier alpha value is -4.20. The molecule has 0 radical (unpaired) electrons. The second kappa shape index (κ2) is 9.58. The number of halogens is 2. The number of hydrogen-bond donors (Lipinski definition) is 1. The van der Waals surface area contributed by atoms with Gasteiger partial charge >= 0.3 is 0 Å². The predicted molar refractivity (Wildman–Crippen MR) is 129 cm³/mol. The molecular formula is C27H23F2N3O3. The summed E-state index contributed by atoms with van der Waals surface area (Å²) in [7, 11) is 0. The van der Waals surface area contributed by atoms with Crippen LogP contribution in [0.25, 0.3) is 11.0 Å². The average molecular weight is 475 g/mol. The normalized spacial score (nSPS) is 13.8. The fraction of sp³-hybridized carbons (Fsp3) is 0.185. The number of carbonyl (C=O) groups excluding carboxylic acids is 2. The summed E-state index contributed by atoms with van der Waals surface area (Å²) in [6, 6.07) is 19.1. The molecule has 35 heavy (non-hydrogen) atoms. The van der Waals surface area contributed by atoms with Crippen molar-refractivity contribution < 1.29 is 22.8 Å². The van der Waals surface area contributed by atoms with E-state index in [4.69, 9.17) is 4.42 Å². The van der Waals surface area contributed by atoms with Gasteiger partial charge in [0.1, 0.15) is 22.9 Å². The summed E-state index contributed by atoms with van der Waals surface area (Å²) in [4.78, 5) is 30.0. The monoisotopic (exact) mass is 475 g/mol. The van der Waals surface area contributed by atoms with E-state index >= 15 is 0 Å². The number of nitrogens with zero attached hydrogens (tertiary/aromatic N) is 2. The molecule has 0 bridgehead atoms. The Morgan fingerprint density at radius 1 is 0.829 bits per heavy atom. The van der Waals surface area contributed by atoms with Crippen molar-refractivity contribution in [2.24, 2.45) is 0 Å². The zero-order valence-electron chi connectivity index (χ0n) is 18.8. The van der Waals surface area contributed by atoms with Crippen molar-refractivity contribution in [3.8, 4) is 0 Å². The predicted octanol–water partition coefficient (Wildman–Crippen LogP) is 4.85. The molecule has 1 aromatic heterocycles. The molecule has 178 valence electrons. The van der Waals surface area contributed by atoms with E-state index in [9.17, 15) is 18.4 Å². The maximum atomic E-state index is 13.4. The van der Waals surface area contributed by atoms with Gasteiger partial charge in [-0.25, -0.2) is 8.78 Å². The van der Waals surface area contributed by atoms with Crippen LogP contribution in [0.1, 0.15) is 16.1 Å². The third kappa shape index (κ3) is 4.87. The summed E-state index contributed by atoms with van der Waals surface area (Å²) in [5, 5.41) is 3.47. The van der Waals surface area contributed by atoms with Gasteiger partial charge < -0.3 is 19.5 Å². The summed E-state index contributed by atoms with van der Waals surface area (Å²) in [6.07, 6.45) is 0.0315. The molecule has 2 amide bonds. The van der Waals surface area contributed by atoms with Crippen LogP contribution in [0.2, 0.25) is 0 Å². The molecule has 6 nitrogen and oxygen atoms in total. The number of carbonyl (C=O) groups is 2. The van der Waals surface area contributed by atoms with Crippen molar-refractivity contribution in [2.75, 3.05) is 36.4 Å². The first kappa shape index (κ1) is 22.6. The van der Waals surface area contributed by atoms with Gasteiger partial charge in [-0.05, 0) is 54.1 Å². The van der Waals surface area contributed by atoms with Crippen LogP contribution in [0.4, 0.5) is 20.2 Å². The molecule has 8 heteroatoms. The Kier molecular flexibility index (Phi) is 6.18. The van der Waals surface area contributed by atoms with E-state index in [-0.39, 0.29) is 35.6 Å². The van der Waals surface area contributed by atoms with Gasteiger partial charge in [-0.15, -0.1) is 0 Å². The molecule has 0 unspecified atom stereocenters. The molecule has 1 aliphatic rings. The van der Waals surface area contributed by atoms with Crippen molar-refractivity contribution >= 4 is 34.2 Å². The Morgan fingerprint density at radius 2 is 1.46 bits per heavy atom. The van der Waals surface area contributed by atoms with Crippen molar-refractivity contribution in [1.82, 2.24) is 4.90 Å². The molecule has 0 aliphatic carbocycles. The lowest BCUT2D eigenvalue weighted by Crippen LogP contribution is -2.48. The highest BCUT2D eigenvalue weighted by molar-refractivity contribution is 6.11. The first-order chi connectivity index (χ1) is 17.0. The second-order valence-corrected chi connectivity index (χ2v) is 8.41. The van der Waals surface area contributed by atoms with E-state index in [1.54, 1.807) is 47.4 Å². The van der Waals surface area contributed by atoms with E-state index in [0.29, 0.717) is 48.4 Å². The number of piperazine rings is 1. The van der Waals surface area contributed by atoms with Crippen LogP contribution in [0.5, 0.6) is 0 Å². The van der Waals surface area contributed by atoms with Gasteiger partial charge in [0.05, 0.1) is 6.42 Å². The van der Waals surface area contributed by atoms with Crippen LogP contribution in [-0.2, 0) is 11.2 Å². The van der Waals surface area contributed by atoms with Gasteiger partial charge in [-0.1, -0.05) is 24.3 Å². The standard InChI is InChI=1S/C27H23F2N3O3/c28-19-7-5-18(6-8-19)17-24(33)30-25-22-3-1-2-4-23(22)35-26(25)27(34)32-15-13-31(14-16-32)21-11-9-20(29)10-12-21/h1-12H,13-17H2,(H,30,33). The van der Waals surface area contributed by atoms with Crippen molar-refractivity contribution in [1.29, 1.82) is 0 Å². The van der Waals surface area contributed by atoms with Gasteiger partial charge in [-0.2, -0.15) is 0 Å². The zero-order chi connectivity index (χ0) is 24.4. The second-order valence-electron chi connectivity index (χ2n) is 8.41. The van der Waals surface area contributed by atoms with Crippen molar-refractivity contribution in [3.05, 3.63) is 95.8 Å². The number of amides is 2. The number of para-hydroxylation sites is 1. The largest absolute Gasteiger partial charge is 0.449 e. The average Bonchev–Trinajstić information content (AvgIpc) is 3.24. The van der Waals surface area contributed by atoms with Crippen LogP contribution in [0.3, 0.4) is 0 Å². The lowest BCUT2D eigenvalue weighted by Gasteiger charge is -2.35.